The van der Waals surface area contributed by atoms with E-state index in [1.807, 2.05) is 47.5 Å². The van der Waals surface area contributed by atoms with Crippen LogP contribution < -0.4 is 0 Å². The van der Waals surface area contributed by atoms with Gasteiger partial charge in [-0.05, 0) is 30.2 Å². The molecule has 146 valence electrons. The van der Waals surface area contributed by atoms with Gasteiger partial charge in [-0.3, -0.25) is 19.6 Å². The van der Waals surface area contributed by atoms with Crippen LogP contribution in [0.25, 0.3) is 0 Å². The first-order chi connectivity index (χ1) is 13.6. The minimum absolute atomic E-state index is 0.0486. The Kier molecular flexibility index (Phi) is 4.42. The number of hydrogen-bond acceptors (Lipinski definition) is 5. The van der Waals surface area contributed by atoms with E-state index < -0.39 is 0 Å². The highest BCUT2D eigenvalue weighted by Crippen LogP contribution is 2.39. The Morgan fingerprint density at radius 1 is 1.11 bits per heavy atom. The van der Waals surface area contributed by atoms with Crippen LogP contribution in [0.4, 0.5) is 0 Å². The van der Waals surface area contributed by atoms with E-state index in [1.54, 1.807) is 6.20 Å². The monoisotopic (exact) mass is 378 g/mol. The number of aromatic nitrogens is 1. The lowest BCUT2D eigenvalue weighted by Crippen LogP contribution is -2.78. The third-order valence-electron chi connectivity index (χ3n) is 6.40. The molecule has 3 saturated heterocycles. The molecule has 3 aliphatic rings. The molecule has 0 aliphatic carbocycles. The molecule has 5 rings (SSSR count). The minimum atomic E-state index is -0.265. The van der Waals surface area contributed by atoms with Gasteiger partial charge >= 0.3 is 0 Å². The van der Waals surface area contributed by atoms with Gasteiger partial charge in [-0.15, -0.1) is 0 Å². The highest BCUT2D eigenvalue weighted by atomic mass is 16.3. The zero-order chi connectivity index (χ0) is 19.1. The van der Waals surface area contributed by atoms with E-state index in [0.717, 1.165) is 51.3 Å². The van der Waals surface area contributed by atoms with E-state index in [0.29, 0.717) is 6.04 Å². The van der Waals surface area contributed by atoms with Crippen LogP contribution in [0, 0.1) is 0 Å². The molecule has 1 N–H and O–H groups in total. The lowest BCUT2D eigenvalue weighted by atomic mass is 9.83. The van der Waals surface area contributed by atoms with Gasteiger partial charge in [0.2, 0.25) is 0 Å². The zero-order valence-corrected chi connectivity index (χ0v) is 15.9. The van der Waals surface area contributed by atoms with Crippen molar-refractivity contribution in [2.45, 2.75) is 30.7 Å². The maximum absolute atomic E-state index is 12.8. The average Bonchev–Trinajstić information content (AvgIpc) is 3.07. The molecule has 4 heterocycles. The number of fused-ring (bicyclic) bond motifs is 2. The fourth-order valence-corrected chi connectivity index (χ4v) is 5.24. The Balaban J connectivity index is 1.33. The Morgan fingerprint density at radius 2 is 1.93 bits per heavy atom. The van der Waals surface area contributed by atoms with Crippen LogP contribution in [-0.2, 0) is 6.54 Å². The van der Waals surface area contributed by atoms with Gasteiger partial charge in [0.05, 0.1) is 11.6 Å². The van der Waals surface area contributed by atoms with Crippen molar-refractivity contribution in [2.24, 2.45) is 0 Å². The molecule has 2 aromatic rings. The van der Waals surface area contributed by atoms with Crippen molar-refractivity contribution in [3.8, 4) is 0 Å². The fraction of sp³-hybridized carbons (Fsp3) is 0.455. The summed E-state index contributed by atoms with van der Waals surface area (Å²) in [7, 11) is 0. The summed E-state index contributed by atoms with van der Waals surface area (Å²) in [5.74, 6) is 0.104. The first-order valence-corrected chi connectivity index (χ1v) is 10.0. The smallest absolute Gasteiger partial charge is 0.253 e. The Morgan fingerprint density at radius 3 is 2.68 bits per heavy atom. The first-order valence-electron chi connectivity index (χ1n) is 10.0. The molecule has 1 spiro atoms. The van der Waals surface area contributed by atoms with Gasteiger partial charge < -0.3 is 10.0 Å². The molecule has 1 amide bonds. The van der Waals surface area contributed by atoms with E-state index >= 15 is 0 Å². The van der Waals surface area contributed by atoms with Crippen LogP contribution in [0.15, 0.2) is 54.9 Å². The number of piperazine rings is 1. The summed E-state index contributed by atoms with van der Waals surface area (Å²) < 4.78 is 0. The summed E-state index contributed by atoms with van der Waals surface area (Å²) >= 11 is 0. The normalized spacial score (nSPS) is 26.8. The van der Waals surface area contributed by atoms with Crippen LogP contribution >= 0.6 is 0 Å². The Hall–Kier alpha value is -2.28. The molecule has 3 fully saturated rings. The second-order valence-corrected chi connectivity index (χ2v) is 8.48. The van der Waals surface area contributed by atoms with Gasteiger partial charge in [0.1, 0.15) is 0 Å². The molecule has 28 heavy (non-hydrogen) atoms. The lowest BCUT2D eigenvalue weighted by Gasteiger charge is -2.61. The Bertz CT molecular complexity index is 838. The second-order valence-electron chi connectivity index (χ2n) is 8.48. The standard InChI is InChI=1S/C22H26N4O2/c27-20-9-19-12-24(11-17-5-4-8-23-10-17)14-22(26(19)13-20)15-25(16-22)21(28)18-6-2-1-3-7-18/h1-8,10,19-20,27H,9,11-16H2. The number of aliphatic hydroxyl groups excluding tert-OH is 1. The van der Waals surface area contributed by atoms with Crippen LogP contribution in [0.3, 0.4) is 0 Å². The zero-order valence-electron chi connectivity index (χ0n) is 15.9. The van der Waals surface area contributed by atoms with E-state index in [-0.39, 0.29) is 17.6 Å². The van der Waals surface area contributed by atoms with Crippen molar-refractivity contribution in [3.63, 3.8) is 0 Å². The summed E-state index contributed by atoms with van der Waals surface area (Å²) in [5, 5.41) is 10.3. The molecule has 2 atom stereocenters. The van der Waals surface area contributed by atoms with E-state index in [4.69, 9.17) is 0 Å². The molecule has 6 nitrogen and oxygen atoms in total. The molecule has 3 aliphatic heterocycles. The summed E-state index contributed by atoms with van der Waals surface area (Å²) in [4.78, 5) is 24.0. The molecule has 0 radical (unpaired) electrons. The Labute approximate surface area is 165 Å². The number of hydrogen-bond donors (Lipinski definition) is 1. The summed E-state index contributed by atoms with van der Waals surface area (Å²) in [6.45, 7) is 4.92. The van der Waals surface area contributed by atoms with Gasteiger partial charge in [-0.2, -0.15) is 0 Å². The largest absolute Gasteiger partial charge is 0.392 e. The topological polar surface area (TPSA) is 59.9 Å². The van der Waals surface area contributed by atoms with Crippen molar-refractivity contribution in [1.82, 2.24) is 19.7 Å². The van der Waals surface area contributed by atoms with Crippen molar-refractivity contribution in [3.05, 3.63) is 66.0 Å². The van der Waals surface area contributed by atoms with Crippen LogP contribution in [0.1, 0.15) is 22.3 Å². The van der Waals surface area contributed by atoms with E-state index in [1.165, 1.54) is 5.56 Å². The molecule has 1 aromatic heterocycles. The fourth-order valence-electron chi connectivity index (χ4n) is 5.24. The number of rotatable bonds is 3. The van der Waals surface area contributed by atoms with Crippen molar-refractivity contribution < 1.29 is 9.90 Å². The maximum atomic E-state index is 12.8. The molecular weight excluding hydrogens is 352 g/mol. The minimum Gasteiger partial charge on any atom is -0.392 e. The maximum Gasteiger partial charge on any atom is 0.253 e. The van der Waals surface area contributed by atoms with Gasteiger partial charge in [-0.25, -0.2) is 0 Å². The van der Waals surface area contributed by atoms with Crippen molar-refractivity contribution in [2.75, 3.05) is 32.7 Å². The number of likely N-dealkylation sites (tertiary alicyclic amines) is 1. The molecule has 0 bridgehead atoms. The SMILES string of the molecule is O=C(c1ccccc1)N1CC2(CN(Cc3cccnc3)CC3CC(O)CN32)C1. The first kappa shape index (κ1) is 17.8. The van der Waals surface area contributed by atoms with E-state index in [9.17, 15) is 9.90 Å². The molecule has 0 saturated carbocycles. The number of nitrogens with zero attached hydrogens (tertiary/aromatic N) is 4. The number of carbonyl (C=O) groups excluding carboxylic acids is 1. The van der Waals surface area contributed by atoms with Crippen LogP contribution in [0.2, 0.25) is 0 Å². The molecule has 1 aromatic carbocycles. The number of benzene rings is 1. The highest BCUT2D eigenvalue weighted by Gasteiger charge is 2.57. The van der Waals surface area contributed by atoms with Gasteiger partial charge in [0.15, 0.2) is 0 Å². The number of aliphatic hydroxyl groups is 1. The van der Waals surface area contributed by atoms with Crippen molar-refractivity contribution >= 4 is 5.91 Å². The third kappa shape index (κ3) is 3.11. The summed E-state index contributed by atoms with van der Waals surface area (Å²) in [6.07, 6.45) is 4.28. The third-order valence-corrected chi connectivity index (χ3v) is 6.40. The number of pyridine rings is 1. The van der Waals surface area contributed by atoms with Gasteiger partial charge in [0.25, 0.3) is 5.91 Å². The van der Waals surface area contributed by atoms with Crippen LogP contribution in [-0.4, -0.2) is 81.1 Å². The quantitative estimate of drug-likeness (QED) is 0.871. The lowest BCUT2D eigenvalue weighted by molar-refractivity contribution is -0.102. The predicted octanol–water partition coefficient (Wildman–Crippen LogP) is 1.23. The van der Waals surface area contributed by atoms with Gasteiger partial charge in [-0.1, -0.05) is 24.3 Å². The average molecular weight is 378 g/mol. The molecule has 6 heteroatoms. The highest BCUT2D eigenvalue weighted by molar-refractivity contribution is 5.95. The van der Waals surface area contributed by atoms with Crippen molar-refractivity contribution in [1.29, 1.82) is 0 Å². The summed E-state index contributed by atoms with van der Waals surface area (Å²) in [6, 6.07) is 14.0. The second kappa shape index (κ2) is 6.95. The number of carbonyl (C=O) groups is 1. The number of β-amino-alcohol motifs (C(OH)–C–C–N with tert-alkyl or cyclic N) is 1. The van der Waals surface area contributed by atoms with E-state index in [2.05, 4.69) is 20.9 Å². The molecule has 2 unspecified atom stereocenters. The summed E-state index contributed by atoms with van der Waals surface area (Å²) in [5.41, 5.74) is 1.91. The van der Waals surface area contributed by atoms with Crippen LogP contribution in [0.5, 0.6) is 0 Å². The molecular formula is C22H26N4O2. The van der Waals surface area contributed by atoms with Gasteiger partial charge in [0, 0.05) is 63.3 Å². The number of amides is 1. The predicted molar refractivity (Wildman–Crippen MR) is 106 cm³/mol.